The fourth-order valence-corrected chi connectivity index (χ4v) is 6.03. The minimum atomic E-state index is -0.578. The first-order chi connectivity index (χ1) is 15.5. The summed E-state index contributed by atoms with van der Waals surface area (Å²) in [7, 11) is 0. The first-order valence-corrected chi connectivity index (χ1v) is 12.2. The fourth-order valence-electron chi connectivity index (χ4n) is 4.51. The Labute approximate surface area is 201 Å². The van der Waals surface area contributed by atoms with Crippen LogP contribution in [0.5, 0.6) is 0 Å². The molecule has 5 rings (SSSR count). The first kappa shape index (κ1) is 21.9. The molecule has 2 fully saturated rings. The van der Waals surface area contributed by atoms with Crippen LogP contribution in [0, 0.1) is 0 Å². The van der Waals surface area contributed by atoms with Gasteiger partial charge in [0.2, 0.25) is 5.91 Å². The third-order valence-electron chi connectivity index (χ3n) is 6.35. The Kier molecular flexibility index (Phi) is 5.99. The summed E-state index contributed by atoms with van der Waals surface area (Å²) in [6.07, 6.45) is 3.72. The van der Waals surface area contributed by atoms with Crippen molar-refractivity contribution in [1.29, 1.82) is 0 Å². The van der Waals surface area contributed by atoms with Gasteiger partial charge < -0.3 is 10.4 Å². The summed E-state index contributed by atoms with van der Waals surface area (Å²) < 4.78 is 0. The number of carbonyl (C=O) groups is 1. The highest BCUT2D eigenvalue weighted by molar-refractivity contribution is 7.15. The number of thiazole rings is 1. The normalized spacial score (nSPS) is 20.8. The molecule has 0 spiro atoms. The summed E-state index contributed by atoms with van der Waals surface area (Å²) in [6.45, 7) is 1.34. The zero-order valence-corrected chi connectivity index (χ0v) is 19.6. The molecular weight excluding hydrogens is 465 g/mol. The van der Waals surface area contributed by atoms with Gasteiger partial charge in [-0.25, -0.2) is 4.98 Å². The van der Waals surface area contributed by atoms with E-state index in [1.165, 1.54) is 11.3 Å². The highest BCUT2D eigenvalue weighted by atomic mass is 35.5. The van der Waals surface area contributed by atoms with E-state index in [4.69, 9.17) is 23.2 Å². The quantitative estimate of drug-likeness (QED) is 0.496. The van der Waals surface area contributed by atoms with Crippen molar-refractivity contribution >= 4 is 45.6 Å². The van der Waals surface area contributed by atoms with E-state index in [1.54, 1.807) is 6.20 Å². The lowest BCUT2D eigenvalue weighted by atomic mass is 9.95. The molecule has 2 aromatic carbocycles. The molecule has 166 valence electrons. The molecule has 1 aliphatic heterocycles. The Morgan fingerprint density at radius 2 is 1.88 bits per heavy atom. The van der Waals surface area contributed by atoms with Gasteiger partial charge in [0.15, 0.2) is 5.13 Å². The molecule has 2 aliphatic rings. The summed E-state index contributed by atoms with van der Waals surface area (Å²) in [4.78, 5) is 20.9. The first-order valence-electron chi connectivity index (χ1n) is 10.7. The van der Waals surface area contributed by atoms with E-state index >= 15 is 0 Å². The number of rotatable bonds is 6. The van der Waals surface area contributed by atoms with Crippen molar-refractivity contribution < 1.29 is 9.90 Å². The van der Waals surface area contributed by atoms with E-state index in [0.29, 0.717) is 21.7 Å². The van der Waals surface area contributed by atoms with Gasteiger partial charge in [-0.3, -0.25) is 9.69 Å². The fraction of sp³-hybridized carbons (Fsp3) is 0.333. The van der Waals surface area contributed by atoms with Crippen molar-refractivity contribution in [2.75, 3.05) is 18.4 Å². The molecule has 0 bridgehead atoms. The van der Waals surface area contributed by atoms with Gasteiger partial charge in [0.05, 0.1) is 17.6 Å². The minimum absolute atomic E-state index is 0.0719. The second kappa shape index (κ2) is 8.76. The number of halogens is 2. The third-order valence-corrected chi connectivity index (χ3v) is 7.99. The van der Waals surface area contributed by atoms with Crippen molar-refractivity contribution in [2.45, 2.75) is 36.8 Å². The largest absolute Gasteiger partial charge is 0.392 e. The lowest BCUT2D eigenvalue weighted by Gasteiger charge is -2.27. The van der Waals surface area contributed by atoms with Gasteiger partial charge in [0.1, 0.15) is 0 Å². The van der Waals surface area contributed by atoms with Gasteiger partial charge in [-0.2, -0.15) is 0 Å². The van der Waals surface area contributed by atoms with Crippen LogP contribution >= 0.6 is 34.5 Å². The number of hydrogen-bond donors (Lipinski definition) is 2. The molecule has 2 atom stereocenters. The van der Waals surface area contributed by atoms with Crippen LogP contribution < -0.4 is 5.32 Å². The summed E-state index contributed by atoms with van der Waals surface area (Å²) in [5.74, 6) is -0.0719. The molecule has 32 heavy (non-hydrogen) atoms. The Hall–Kier alpha value is -1.96. The number of aliphatic hydroxyl groups is 1. The number of anilines is 1. The summed E-state index contributed by atoms with van der Waals surface area (Å²) in [5.41, 5.74) is 1.27. The van der Waals surface area contributed by atoms with Crippen molar-refractivity contribution in [3.05, 3.63) is 80.8 Å². The molecule has 2 heterocycles. The van der Waals surface area contributed by atoms with Crippen LogP contribution in [0.2, 0.25) is 10.0 Å². The second-order valence-electron chi connectivity index (χ2n) is 8.45. The van der Waals surface area contributed by atoms with Crippen LogP contribution in [-0.4, -0.2) is 40.1 Å². The van der Waals surface area contributed by atoms with E-state index in [2.05, 4.69) is 15.2 Å². The maximum atomic E-state index is 13.2. The molecule has 8 heteroatoms. The lowest BCUT2D eigenvalue weighted by Crippen LogP contribution is -2.28. The molecular formula is C24H23Cl2N3O2S. The standard InChI is InChI=1S/C24H23Cl2N3O2S/c25-18-7-3-1-5-16(18)21(29-12-9-15(30)14-29)20-13-27-23(32-20)28-22(31)24(10-11-24)17-6-2-4-8-19(17)26/h1-8,13,15,21,30H,9-12,14H2,(H,27,28,31)/t15-,21?/m1/s1. The number of benzene rings is 2. The number of nitrogens with one attached hydrogen (secondary N) is 1. The van der Waals surface area contributed by atoms with E-state index in [-0.39, 0.29) is 18.1 Å². The second-order valence-corrected chi connectivity index (χ2v) is 10.3. The molecule has 0 radical (unpaired) electrons. The van der Waals surface area contributed by atoms with E-state index in [9.17, 15) is 9.90 Å². The number of nitrogens with zero attached hydrogens (tertiary/aromatic N) is 2. The van der Waals surface area contributed by atoms with Gasteiger partial charge >= 0.3 is 0 Å². The van der Waals surface area contributed by atoms with Gasteiger partial charge in [-0.1, -0.05) is 70.9 Å². The molecule has 5 nitrogen and oxygen atoms in total. The van der Waals surface area contributed by atoms with Crippen molar-refractivity contribution in [3.63, 3.8) is 0 Å². The molecule has 1 saturated heterocycles. The summed E-state index contributed by atoms with van der Waals surface area (Å²) in [6, 6.07) is 15.2. The third kappa shape index (κ3) is 4.06. The number of likely N-dealkylation sites (tertiary alicyclic amines) is 1. The highest BCUT2D eigenvalue weighted by Crippen LogP contribution is 2.51. The van der Waals surface area contributed by atoms with Crippen molar-refractivity contribution in [3.8, 4) is 0 Å². The summed E-state index contributed by atoms with van der Waals surface area (Å²) in [5, 5.41) is 15.0. The summed E-state index contributed by atoms with van der Waals surface area (Å²) >= 11 is 14.4. The van der Waals surface area contributed by atoms with Gasteiger partial charge in [0.25, 0.3) is 0 Å². The number of hydrogen-bond acceptors (Lipinski definition) is 5. The molecule has 1 saturated carbocycles. The van der Waals surface area contributed by atoms with E-state index in [0.717, 1.165) is 41.8 Å². The number of aliphatic hydroxyl groups excluding tert-OH is 1. The Morgan fingerprint density at radius 3 is 2.53 bits per heavy atom. The van der Waals surface area contributed by atoms with Crippen LogP contribution in [-0.2, 0) is 10.2 Å². The lowest BCUT2D eigenvalue weighted by molar-refractivity contribution is -0.118. The molecule has 1 amide bonds. The molecule has 1 aliphatic carbocycles. The molecule has 1 unspecified atom stereocenters. The van der Waals surface area contributed by atoms with Gasteiger partial charge in [0, 0.05) is 34.2 Å². The Bertz CT molecular complexity index is 1150. The average Bonchev–Trinajstić information content (AvgIpc) is 3.28. The Balaban J connectivity index is 1.41. The number of carbonyl (C=O) groups excluding carboxylic acids is 1. The van der Waals surface area contributed by atoms with Crippen LogP contribution in [0.15, 0.2) is 54.7 Å². The zero-order valence-electron chi connectivity index (χ0n) is 17.3. The highest BCUT2D eigenvalue weighted by Gasteiger charge is 2.52. The van der Waals surface area contributed by atoms with E-state index < -0.39 is 5.41 Å². The smallest absolute Gasteiger partial charge is 0.236 e. The van der Waals surface area contributed by atoms with Crippen LogP contribution in [0.3, 0.4) is 0 Å². The minimum Gasteiger partial charge on any atom is -0.392 e. The maximum absolute atomic E-state index is 13.2. The van der Waals surface area contributed by atoms with Crippen molar-refractivity contribution in [2.24, 2.45) is 0 Å². The maximum Gasteiger partial charge on any atom is 0.236 e. The van der Waals surface area contributed by atoms with Crippen molar-refractivity contribution in [1.82, 2.24) is 9.88 Å². The Morgan fingerprint density at radius 1 is 1.16 bits per heavy atom. The molecule has 3 aromatic rings. The number of β-amino-alcohol motifs (C(OH)–C–C–N with tert-alkyl or cyclic N) is 1. The zero-order chi connectivity index (χ0) is 22.3. The SMILES string of the molecule is O=C(Nc1ncc(C(c2ccccc2Cl)N2CC[C@@H](O)C2)s1)C1(c2ccccc2Cl)CC1. The van der Waals surface area contributed by atoms with Gasteiger partial charge in [-0.15, -0.1) is 0 Å². The van der Waals surface area contributed by atoms with Crippen LogP contribution in [0.1, 0.15) is 41.3 Å². The average molecular weight is 488 g/mol. The van der Waals surface area contributed by atoms with Gasteiger partial charge in [-0.05, 0) is 42.5 Å². The predicted octanol–water partition coefficient (Wildman–Crippen LogP) is 5.28. The molecule has 1 aromatic heterocycles. The van der Waals surface area contributed by atoms with Crippen LogP contribution in [0.25, 0.3) is 0 Å². The number of amides is 1. The van der Waals surface area contributed by atoms with E-state index in [1.807, 2.05) is 48.5 Å². The monoisotopic (exact) mass is 487 g/mol. The van der Waals surface area contributed by atoms with Crippen LogP contribution in [0.4, 0.5) is 5.13 Å². The number of aromatic nitrogens is 1. The molecule has 2 N–H and O–H groups in total. The predicted molar refractivity (Wildman–Crippen MR) is 129 cm³/mol. The topological polar surface area (TPSA) is 65.5 Å².